The molecule has 0 aliphatic heterocycles. The summed E-state index contributed by atoms with van der Waals surface area (Å²) in [6, 6.07) is 9.44. The van der Waals surface area contributed by atoms with Gasteiger partial charge in [0.15, 0.2) is 0 Å². The molecule has 0 atom stereocenters. The summed E-state index contributed by atoms with van der Waals surface area (Å²) in [5, 5.41) is 12.2. The van der Waals surface area contributed by atoms with Crippen molar-refractivity contribution in [2.45, 2.75) is 33.4 Å². The second-order valence-electron chi connectivity index (χ2n) is 5.75. The molecule has 0 aliphatic rings. The first-order valence-corrected chi connectivity index (χ1v) is 8.92. The summed E-state index contributed by atoms with van der Waals surface area (Å²) in [6.07, 6.45) is 0.783. The third kappa shape index (κ3) is 4.03. The number of benzene rings is 1. The standard InChI is InChI=1S/C19H20BrN3O3/c1-4-13-7-5-6-8-16(13)22-17(24)10-23-12(2)18(20)15(11-26-3)14(9-21)19(23)25/h5-8H,4,10-11H2,1-3H3,(H,22,24). The van der Waals surface area contributed by atoms with Crippen molar-refractivity contribution >= 4 is 27.5 Å². The van der Waals surface area contributed by atoms with Gasteiger partial charge in [0.2, 0.25) is 5.91 Å². The number of para-hydroxylation sites is 1. The van der Waals surface area contributed by atoms with Crippen molar-refractivity contribution in [1.29, 1.82) is 5.26 Å². The Hall–Kier alpha value is -2.43. The van der Waals surface area contributed by atoms with Crippen LogP contribution in [0.5, 0.6) is 0 Å². The molecule has 0 aliphatic carbocycles. The van der Waals surface area contributed by atoms with E-state index < -0.39 is 5.56 Å². The van der Waals surface area contributed by atoms with Crippen molar-refractivity contribution in [3.8, 4) is 6.07 Å². The molecule has 1 N–H and O–H groups in total. The SMILES string of the molecule is CCc1ccccc1NC(=O)Cn1c(C)c(Br)c(COC)c(C#N)c1=O. The van der Waals surface area contributed by atoms with E-state index in [-0.39, 0.29) is 24.6 Å². The highest BCUT2D eigenvalue weighted by molar-refractivity contribution is 9.10. The lowest BCUT2D eigenvalue weighted by Crippen LogP contribution is -2.32. The molecular formula is C19H20BrN3O3. The van der Waals surface area contributed by atoms with Gasteiger partial charge in [-0.3, -0.25) is 9.59 Å². The van der Waals surface area contributed by atoms with Crippen LogP contribution in [-0.2, 0) is 29.1 Å². The Morgan fingerprint density at radius 3 is 2.69 bits per heavy atom. The smallest absolute Gasteiger partial charge is 0.269 e. The van der Waals surface area contributed by atoms with E-state index in [0.717, 1.165) is 17.7 Å². The quantitative estimate of drug-likeness (QED) is 0.781. The van der Waals surface area contributed by atoms with Crippen molar-refractivity contribution < 1.29 is 9.53 Å². The zero-order valence-electron chi connectivity index (χ0n) is 14.9. The number of hydrogen-bond acceptors (Lipinski definition) is 4. The summed E-state index contributed by atoms with van der Waals surface area (Å²) in [5.74, 6) is -0.327. The van der Waals surface area contributed by atoms with Crippen molar-refractivity contribution in [2.75, 3.05) is 12.4 Å². The van der Waals surface area contributed by atoms with E-state index in [9.17, 15) is 14.9 Å². The lowest BCUT2D eigenvalue weighted by atomic mass is 10.1. The number of ether oxygens (including phenoxy) is 1. The van der Waals surface area contributed by atoms with Crippen LogP contribution in [-0.4, -0.2) is 17.6 Å². The number of carbonyl (C=O) groups excluding carboxylic acids is 1. The second-order valence-corrected chi connectivity index (χ2v) is 6.54. The van der Waals surface area contributed by atoms with E-state index in [1.165, 1.54) is 11.7 Å². The molecule has 2 rings (SSSR count). The molecule has 2 aromatic rings. The number of aryl methyl sites for hydroxylation is 1. The Kier molecular flexibility index (Phi) is 6.72. The third-order valence-corrected chi connectivity index (χ3v) is 5.18. The molecule has 0 bridgehead atoms. The maximum absolute atomic E-state index is 12.7. The van der Waals surface area contributed by atoms with Gasteiger partial charge >= 0.3 is 0 Å². The van der Waals surface area contributed by atoms with Crippen molar-refractivity contribution in [2.24, 2.45) is 0 Å². The Balaban J connectivity index is 2.38. The molecule has 1 aromatic carbocycles. The third-order valence-electron chi connectivity index (χ3n) is 4.12. The van der Waals surface area contributed by atoms with Crippen LogP contribution in [0.4, 0.5) is 5.69 Å². The highest BCUT2D eigenvalue weighted by Gasteiger charge is 2.19. The highest BCUT2D eigenvalue weighted by Crippen LogP contribution is 2.23. The van der Waals surface area contributed by atoms with Gasteiger partial charge in [-0.2, -0.15) is 5.26 Å². The summed E-state index contributed by atoms with van der Waals surface area (Å²) >= 11 is 3.41. The molecule has 0 fully saturated rings. The number of aromatic nitrogens is 1. The van der Waals surface area contributed by atoms with Crippen LogP contribution in [0.3, 0.4) is 0 Å². The Bertz CT molecular complexity index is 929. The average Bonchev–Trinajstić information content (AvgIpc) is 2.64. The molecule has 1 amide bonds. The molecule has 0 saturated carbocycles. The number of anilines is 1. The maximum Gasteiger partial charge on any atom is 0.269 e. The summed E-state index contributed by atoms with van der Waals surface area (Å²) in [4.78, 5) is 25.1. The molecule has 0 unspecified atom stereocenters. The number of pyridine rings is 1. The number of nitrogens with zero attached hydrogens (tertiary/aromatic N) is 2. The van der Waals surface area contributed by atoms with E-state index in [1.54, 1.807) is 6.92 Å². The Morgan fingerprint density at radius 2 is 2.08 bits per heavy atom. The molecule has 7 heteroatoms. The molecule has 26 heavy (non-hydrogen) atoms. The number of methoxy groups -OCH3 is 1. The molecule has 1 aromatic heterocycles. The maximum atomic E-state index is 12.7. The lowest BCUT2D eigenvalue weighted by molar-refractivity contribution is -0.116. The first-order valence-electron chi connectivity index (χ1n) is 8.13. The van der Waals surface area contributed by atoms with Crippen molar-refractivity contribution in [1.82, 2.24) is 4.57 Å². The van der Waals surface area contributed by atoms with Gasteiger partial charge in [-0.1, -0.05) is 25.1 Å². The predicted molar refractivity (Wildman–Crippen MR) is 103 cm³/mol. The minimum absolute atomic E-state index is 0.0221. The fourth-order valence-corrected chi connectivity index (χ4v) is 3.26. The molecule has 0 radical (unpaired) electrons. The van der Waals surface area contributed by atoms with Crippen LogP contribution < -0.4 is 10.9 Å². The minimum atomic E-state index is -0.501. The zero-order valence-corrected chi connectivity index (χ0v) is 16.5. The lowest BCUT2D eigenvalue weighted by Gasteiger charge is -2.16. The van der Waals surface area contributed by atoms with E-state index in [0.29, 0.717) is 15.7 Å². The minimum Gasteiger partial charge on any atom is -0.380 e. The van der Waals surface area contributed by atoms with Crippen molar-refractivity contribution in [3.63, 3.8) is 0 Å². The number of nitrogens with one attached hydrogen (secondary N) is 1. The number of rotatable bonds is 6. The fourth-order valence-electron chi connectivity index (χ4n) is 2.73. The van der Waals surface area contributed by atoms with Crippen LogP contribution >= 0.6 is 15.9 Å². The van der Waals surface area contributed by atoms with Gasteiger partial charge < -0.3 is 14.6 Å². The van der Waals surface area contributed by atoms with E-state index in [4.69, 9.17) is 4.74 Å². The second kappa shape index (κ2) is 8.79. The number of carbonyl (C=O) groups is 1. The van der Waals surface area contributed by atoms with Gasteiger partial charge in [-0.25, -0.2) is 0 Å². The molecule has 1 heterocycles. The van der Waals surface area contributed by atoms with E-state index >= 15 is 0 Å². The topological polar surface area (TPSA) is 84.1 Å². The molecule has 6 nitrogen and oxygen atoms in total. The zero-order chi connectivity index (χ0) is 19.3. The monoisotopic (exact) mass is 417 g/mol. The number of hydrogen-bond donors (Lipinski definition) is 1. The van der Waals surface area contributed by atoms with Gasteiger partial charge in [-0.05, 0) is 40.9 Å². The first kappa shape index (κ1) is 19.9. The van der Waals surface area contributed by atoms with Crippen LogP contribution in [0.15, 0.2) is 33.5 Å². The molecule has 0 spiro atoms. The average molecular weight is 418 g/mol. The number of halogens is 1. The van der Waals surface area contributed by atoms with Crippen molar-refractivity contribution in [3.05, 3.63) is 61.5 Å². The Morgan fingerprint density at radius 1 is 1.38 bits per heavy atom. The first-order chi connectivity index (χ1) is 12.4. The number of nitriles is 1. The molecule has 136 valence electrons. The van der Waals surface area contributed by atoms with Crippen LogP contribution in [0, 0.1) is 18.3 Å². The molecular weight excluding hydrogens is 398 g/mol. The fraction of sp³-hybridized carbons (Fsp3) is 0.316. The van der Waals surface area contributed by atoms with Gasteiger partial charge in [0.25, 0.3) is 5.56 Å². The van der Waals surface area contributed by atoms with Crippen LogP contribution in [0.1, 0.15) is 29.3 Å². The summed E-state index contributed by atoms with van der Waals surface area (Å²) in [7, 11) is 1.49. The summed E-state index contributed by atoms with van der Waals surface area (Å²) in [5.41, 5.74) is 2.27. The van der Waals surface area contributed by atoms with Crippen LogP contribution in [0.25, 0.3) is 0 Å². The predicted octanol–water partition coefficient (Wildman–Crippen LogP) is 3.14. The largest absolute Gasteiger partial charge is 0.380 e. The highest BCUT2D eigenvalue weighted by atomic mass is 79.9. The number of amides is 1. The molecule has 0 saturated heterocycles. The van der Waals surface area contributed by atoms with E-state index in [1.807, 2.05) is 37.3 Å². The summed E-state index contributed by atoms with van der Waals surface area (Å²) < 4.78 is 6.97. The van der Waals surface area contributed by atoms with Gasteiger partial charge in [0.1, 0.15) is 18.2 Å². The van der Waals surface area contributed by atoms with Gasteiger partial charge in [0, 0.05) is 28.5 Å². The van der Waals surface area contributed by atoms with E-state index in [2.05, 4.69) is 21.2 Å². The van der Waals surface area contributed by atoms with Gasteiger partial charge in [-0.15, -0.1) is 0 Å². The summed E-state index contributed by atoms with van der Waals surface area (Å²) in [6.45, 7) is 3.68. The normalized spacial score (nSPS) is 10.4. The van der Waals surface area contributed by atoms with Crippen LogP contribution in [0.2, 0.25) is 0 Å². The van der Waals surface area contributed by atoms with Gasteiger partial charge in [0.05, 0.1) is 6.61 Å². The Labute approximate surface area is 160 Å².